The molecule has 0 aliphatic carbocycles. The van der Waals surface area contributed by atoms with E-state index in [0.29, 0.717) is 28.6 Å². The lowest BCUT2D eigenvalue weighted by atomic mass is 10.1. The molecule has 1 heterocycles. The van der Waals surface area contributed by atoms with Crippen LogP contribution >= 0.6 is 0 Å². The number of aromatic nitrogens is 2. The molecule has 0 spiro atoms. The zero-order valence-electron chi connectivity index (χ0n) is 12.8. The molecule has 0 aliphatic rings. The van der Waals surface area contributed by atoms with Gasteiger partial charge in [0.1, 0.15) is 11.5 Å². The summed E-state index contributed by atoms with van der Waals surface area (Å²) in [5, 5.41) is 17.1. The number of hydrogen-bond donors (Lipinski definition) is 1. The Morgan fingerprint density at radius 3 is 2.46 bits per heavy atom. The van der Waals surface area contributed by atoms with Crippen molar-refractivity contribution in [1.29, 1.82) is 0 Å². The van der Waals surface area contributed by atoms with Gasteiger partial charge in [-0.3, -0.25) is 0 Å². The normalized spacial score (nSPS) is 10.2. The number of ether oxygens (including phenoxy) is 2. The van der Waals surface area contributed by atoms with Gasteiger partial charge in [-0.2, -0.15) is 0 Å². The molecule has 0 saturated heterocycles. The smallest absolute Gasteiger partial charge is 0.335 e. The first-order valence-corrected chi connectivity index (χ1v) is 7.15. The van der Waals surface area contributed by atoms with Crippen LogP contribution in [-0.4, -0.2) is 28.4 Å². The summed E-state index contributed by atoms with van der Waals surface area (Å²) >= 11 is 0. The summed E-state index contributed by atoms with van der Waals surface area (Å²) in [7, 11) is 1.58. The molecule has 0 unspecified atom stereocenters. The number of benzene rings is 2. The monoisotopic (exact) mass is 322 g/mol. The molecule has 0 fully saturated rings. The summed E-state index contributed by atoms with van der Waals surface area (Å²) in [5.41, 5.74) is 1.44. The molecule has 0 bridgehead atoms. The molecule has 24 heavy (non-hydrogen) atoms. The molecule has 3 rings (SSSR count). The Morgan fingerprint density at radius 1 is 0.958 bits per heavy atom. The molecule has 3 aromatic rings. The Hall–Kier alpha value is -3.41. The van der Waals surface area contributed by atoms with E-state index in [1.54, 1.807) is 49.6 Å². The highest BCUT2D eigenvalue weighted by molar-refractivity contribution is 5.89. The average molecular weight is 322 g/mol. The van der Waals surface area contributed by atoms with E-state index in [2.05, 4.69) is 10.2 Å². The van der Waals surface area contributed by atoms with Crippen molar-refractivity contribution in [2.75, 3.05) is 7.11 Å². The molecule has 0 amide bonds. The quantitative estimate of drug-likeness (QED) is 0.772. The topological polar surface area (TPSA) is 81.5 Å². The second-order valence-corrected chi connectivity index (χ2v) is 4.92. The molecule has 2 aromatic carbocycles. The van der Waals surface area contributed by atoms with Gasteiger partial charge in [0.15, 0.2) is 0 Å². The van der Waals surface area contributed by atoms with E-state index in [4.69, 9.17) is 14.6 Å². The van der Waals surface area contributed by atoms with Crippen LogP contribution in [0.1, 0.15) is 10.4 Å². The van der Waals surface area contributed by atoms with E-state index in [9.17, 15) is 4.79 Å². The van der Waals surface area contributed by atoms with Crippen LogP contribution in [-0.2, 0) is 0 Å². The van der Waals surface area contributed by atoms with E-state index < -0.39 is 5.97 Å². The Kier molecular flexibility index (Phi) is 4.38. The molecule has 0 saturated carbocycles. The maximum Gasteiger partial charge on any atom is 0.335 e. The zero-order chi connectivity index (χ0) is 16.9. The fourth-order valence-electron chi connectivity index (χ4n) is 2.13. The SMILES string of the molecule is COc1cccc(Oc2ccc(-c3cccc(C(=O)O)c3)nn2)c1. The highest BCUT2D eigenvalue weighted by Gasteiger charge is 2.07. The lowest BCUT2D eigenvalue weighted by Crippen LogP contribution is -1.97. The lowest BCUT2D eigenvalue weighted by Gasteiger charge is -2.07. The van der Waals surface area contributed by atoms with Crippen LogP contribution in [0.15, 0.2) is 60.7 Å². The minimum absolute atomic E-state index is 0.200. The van der Waals surface area contributed by atoms with E-state index >= 15 is 0 Å². The molecule has 0 aliphatic heterocycles. The Labute approximate surface area is 138 Å². The first kappa shape index (κ1) is 15.5. The minimum atomic E-state index is -0.984. The average Bonchev–Trinajstić information content (AvgIpc) is 2.62. The fourth-order valence-corrected chi connectivity index (χ4v) is 2.13. The molecule has 1 N–H and O–H groups in total. The van der Waals surface area contributed by atoms with Crippen molar-refractivity contribution >= 4 is 5.97 Å². The Bertz CT molecular complexity index is 863. The Balaban J connectivity index is 1.80. The first-order chi connectivity index (χ1) is 11.7. The van der Waals surface area contributed by atoms with Crippen LogP contribution in [0, 0.1) is 0 Å². The summed E-state index contributed by atoms with van der Waals surface area (Å²) in [4.78, 5) is 11.0. The molecular formula is C18H14N2O4. The molecule has 0 radical (unpaired) electrons. The zero-order valence-corrected chi connectivity index (χ0v) is 12.8. The predicted molar refractivity (Wildman–Crippen MR) is 87.5 cm³/mol. The van der Waals surface area contributed by atoms with Gasteiger partial charge in [-0.05, 0) is 30.3 Å². The largest absolute Gasteiger partial charge is 0.497 e. The molecule has 6 nitrogen and oxygen atoms in total. The van der Waals surface area contributed by atoms with Gasteiger partial charge in [0.2, 0.25) is 5.88 Å². The van der Waals surface area contributed by atoms with Gasteiger partial charge in [-0.15, -0.1) is 10.2 Å². The molecule has 0 atom stereocenters. The summed E-state index contributed by atoms with van der Waals surface area (Å²) in [6.45, 7) is 0. The fraction of sp³-hybridized carbons (Fsp3) is 0.0556. The summed E-state index contributed by atoms with van der Waals surface area (Å²) in [6.07, 6.45) is 0. The van der Waals surface area contributed by atoms with Gasteiger partial charge in [0, 0.05) is 17.7 Å². The summed E-state index contributed by atoms with van der Waals surface area (Å²) in [6, 6.07) is 17.1. The highest BCUT2D eigenvalue weighted by atomic mass is 16.5. The van der Waals surface area contributed by atoms with Crippen LogP contribution in [0.2, 0.25) is 0 Å². The van der Waals surface area contributed by atoms with Crippen molar-refractivity contribution in [2.24, 2.45) is 0 Å². The number of carboxylic acid groups (broad SMARTS) is 1. The first-order valence-electron chi connectivity index (χ1n) is 7.15. The lowest BCUT2D eigenvalue weighted by molar-refractivity contribution is 0.0697. The van der Waals surface area contributed by atoms with Gasteiger partial charge in [-0.1, -0.05) is 18.2 Å². The van der Waals surface area contributed by atoms with E-state index in [0.717, 1.165) is 0 Å². The molecule has 1 aromatic heterocycles. The summed E-state index contributed by atoms with van der Waals surface area (Å²) < 4.78 is 10.8. The maximum atomic E-state index is 11.0. The maximum absolute atomic E-state index is 11.0. The van der Waals surface area contributed by atoms with Crippen LogP contribution in [0.4, 0.5) is 0 Å². The number of methoxy groups -OCH3 is 1. The third kappa shape index (κ3) is 3.49. The Morgan fingerprint density at radius 2 is 1.75 bits per heavy atom. The van der Waals surface area contributed by atoms with Gasteiger partial charge < -0.3 is 14.6 Å². The number of rotatable bonds is 5. The minimum Gasteiger partial charge on any atom is -0.497 e. The van der Waals surface area contributed by atoms with Gasteiger partial charge in [0.05, 0.1) is 18.4 Å². The molecule has 120 valence electrons. The van der Waals surface area contributed by atoms with E-state index in [1.165, 1.54) is 6.07 Å². The van der Waals surface area contributed by atoms with Crippen molar-refractivity contribution in [2.45, 2.75) is 0 Å². The van der Waals surface area contributed by atoms with Crippen molar-refractivity contribution in [3.8, 4) is 28.6 Å². The third-order valence-corrected chi connectivity index (χ3v) is 3.31. The van der Waals surface area contributed by atoms with Gasteiger partial charge >= 0.3 is 5.97 Å². The van der Waals surface area contributed by atoms with Crippen molar-refractivity contribution in [1.82, 2.24) is 10.2 Å². The van der Waals surface area contributed by atoms with E-state index in [1.807, 2.05) is 12.1 Å². The predicted octanol–water partition coefficient (Wildman–Crippen LogP) is 3.64. The van der Waals surface area contributed by atoms with Crippen LogP contribution < -0.4 is 9.47 Å². The molecular weight excluding hydrogens is 308 g/mol. The van der Waals surface area contributed by atoms with Gasteiger partial charge in [-0.25, -0.2) is 4.79 Å². The summed E-state index contributed by atoms with van der Waals surface area (Å²) in [5.74, 6) is 0.621. The van der Waals surface area contributed by atoms with Crippen molar-refractivity contribution < 1.29 is 19.4 Å². The third-order valence-electron chi connectivity index (χ3n) is 3.31. The van der Waals surface area contributed by atoms with Crippen LogP contribution in [0.25, 0.3) is 11.3 Å². The second-order valence-electron chi connectivity index (χ2n) is 4.92. The van der Waals surface area contributed by atoms with Gasteiger partial charge in [0.25, 0.3) is 0 Å². The number of nitrogens with zero attached hydrogens (tertiary/aromatic N) is 2. The number of carboxylic acids is 1. The second kappa shape index (κ2) is 6.78. The van der Waals surface area contributed by atoms with Crippen LogP contribution in [0.5, 0.6) is 17.4 Å². The highest BCUT2D eigenvalue weighted by Crippen LogP contribution is 2.25. The standard InChI is InChI=1S/C18H14N2O4/c1-23-14-6-3-7-15(11-14)24-17-9-8-16(19-20-17)12-4-2-5-13(10-12)18(21)22/h2-11H,1H3,(H,21,22). The van der Waals surface area contributed by atoms with Crippen molar-refractivity contribution in [3.05, 3.63) is 66.2 Å². The van der Waals surface area contributed by atoms with Crippen LogP contribution in [0.3, 0.4) is 0 Å². The number of aromatic carboxylic acids is 1. The van der Waals surface area contributed by atoms with E-state index in [-0.39, 0.29) is 5.56 Å². The van der Waals surface area contributed by atoms with Crippen molar-refractivity contribution in [3.63, 3.8) is 0 Å². The number of hydrogen-bond acceptors (Lipinski definition) is 5. The number of carbonyl (C=O) groups is 1. The molecule has 6 heteroatoms.